The average molecular weight is 385 g/mol. The first-order chi connectivity index (χ1) is 12.3. The molecule has 0 aromatic heterocycles. The zero-order chi connectivity index (χ0) is 19.3. The third-order valence-electron chi connectivity index (χ3n) is 4.18. The molecule has 0 spiro atoms. The molecule has 1 fully saturated rings. The maximum atomic E-state index is 12.1. The molecule has 0 bridgehead atoms. The fourth-order valence-corrected chi connectivity index (χ4v) is 4.44. The van der Waals surface area contributed by atoms with E-state index >= 15 is 0 Å². The lowest BCUT2D eigenvalue weighted by Crippen LogP contribution is -2.40. The van der Waals surface area contributed by atoms with Crippen molar-refractivity contribution in [2.24, 2.45) is 0 Å². The second-order valence-electron chi connectivity index (χ2n) is 5.94. The number of esters is 1. The number of benzene rings is 1. The van der Waals surface area contributed by atoms with E-state index in [1.165, 1.54) is 31.2 Å². The molecule has 1 atom stereocenters. The van der Waals surface area contributed by atoms with Gasteiger partial charge in [0.2, 0.25) is 0 Å². The van der Waals surface area contributed by atoms with Crippen LogP contribution in [-0.2, 0) is 19.4 Å². The molecular weight excluding hydrogens is 362 g/mol. The highest BCUT2D eigenvalue weighted by Crippen LogP contribution is 2.28. The number of carbonyl (C=O) groups is 2. The maximum absolute atomic E-state index is 12.1. The number of nitrogens with zero attached hydrogens (tertiary/aromatic N) is 1. The van der Waals surface area contributed by atoms with Gasteiger partial charge < -0.3 is 19.1 Å². The monoisotopic (exact) mass is 385 g/mol. The minimum Gasteiger partial charge on any atom is -0.493 e. The molecule has 0 N–H and O–H groups in total. The zero-order valence-corrected chi connectivity index (χ0v) is 15.9. The van der Waals surface area contributed by atoms with E-state index in [0.29, 0.717) is 24.5 Å². The number of sulfone groups is 1. The van der Waals surface area contributed by atoms with E-state index in [-0.39, 0.29) is 23.1 Å². The normalized spacial score (nSPS) is 18.2. The lowest BCUT2D eigenvalue weighted by atomic mass is 10.2. The molecule has 0 saturated carbocycles. The van der Waals surface area contributed by atoms with Gasteiger partial charge in [-0.05, 0) is 31.5 Å². The second-order valence-corrected chi connectivity index (χ2v) is 8.17. The highest BCUT2D eigenvalue weighted by Gasteiger charge is 2.33. The van der Waals surface area contributed by atoms with Crippen LogP contribution in [-0.4, -0.2) is 70.1 Å². The van der Waals surface area contributed by atoms with Crippen LogP contribution in [0, 0.1) is 0 Å². The summed E-state index contributed by atoms with van der Waals surface area (Å²) in [6.45, 7) is 1.83. The van der Waals surface area contributed by atoms with Gasteiger partial charge in [0.25, 0.3) is 5.91 Å². The van der Waals surface area contributed by atoms with Crippen molar-refractivity contribution in [1.29, 1.82) is 0 Å². The van der Waals surface area contributed by atoms with Crippen LogP contribution in [0.2, 0.25) is 0 Å². The standard InChI is InChI=1S/C17H23NO7S/c1-4-24-14-6-5-12(9-15(14)23-3)17(20)25-10-16(19)18(2)13-7-8-26(21,22)11-13/h5-6,9,13H,4,7-8,10-11H2,1-3H3/t13-/m0/s1. The number of ether oxygens (including phenoxy) is 3. The minimum atomic E-state index is -3.09. The topological polar surface area (TPSA) is 99.2 Å². The third kappa shape index (κ3) is 4.87. The van der Waals surface area contributed by atoms with E-state index in [9.17, 15) is 18.0 Å². The molecule has 1 heterocycles. The van der Waals surface area contributed by atoms with Gasteiger partial charge in [-0.25, -0.2) is 13.2 Å². The first-order valence-electron chi connectivity index (χ1n) is 8.21. The van der Waals surface area contributed by atoms with Crippen molar-refractivity contribution in [3.63, 3.8) is 0 Å². The van der Waals surface area contributed by atoms with Gasteiger partial charge in [-0.3, -0.25) is 4.79 Å². The van der Waals surface area contributed by atoms with Crippen LogP contribution in [0.15, 0.2) is 18.2 Å². The summed E-state index contributed by atoms with van der Waals surface area (Å²) >= 11 is 0. The van der Waals surface area contributed by atoms with E-state index in [2.05, 4.69) is 0 Å². The molecule has 9 heteroatoms. The molecule has 1 aromatic rings. The van der Waals surface area contributed by atoms with Crippen LogP contribution >= 0.6 is 0 Å². The highest BCUT2D eigenvalue weighted by molar-refractivity contribution is 7.91. The smallest absolute Gasteiger partial charge is 0.338 e. The fraction of sp³-hybridized carbons (Fsp3) is 0.529. The lowest BCUT2D eigenvalue weighted by molar-refractivity contribution is -0.134. The number of hydrogen-bond acceptors (Lipinski definition) is 7. The van der Waals surface area contributed by atoms with Gasteiger partial charge in [-0.15, -0.1) is 0 Å². The number of amides is 1. The van der Waals surface area contributed by atoms with E-state index < -0.39 is 28.3 Å². The Bertz CT molecular complexity index is 775. The molecule has 26 heavy (non-hydrogen) atoms. The number of rotatable bonds is 7. The van der Waals surface area contributed by atoms with Crippen molar-refractivity contribution in [1.82, 2.24) is 4.90 Å². The summed E-state index contributed by atoms with van der Waals surface area (Å²) < 4.78 is 38.6. The molecule has 1 amide bonds. The zero-order valence-electron chi connectivity index (χ0n) is 15.1. The Kier molecular flexibility index (Phi) is 6.47. The molecule has 144 valence electrons. The maximum Gasteiger partial charge on any atom is 0.338 e. The molecule has 2 rings (SSSR count). The predicted octanol–water partition coefficient (Wildman–Crippen LogP) is 0.896. The van der Waals surface area contributed by atoms with Crippen LogP contribution in [0.5, 0.6) is 11.5 Å². The summed E-state index contributed by atoms with van der Waals surface area (Å²) in [5, 5.41) is 0. The molecule has 1 aliphatic rings. The summed E-state index contributed by atoms with van der Waals surface area (Å²) in [7, 11) is -0.117. The van der Waals surface area contributed by atoms with Crippen molar-refractivity contribution in [3.8, 4) is 11.5 Å². The van der Waals surface area contributed by atoms with Crippen molar-refractivity contribution in [2.75, 3.05) is 38.9 Å². The second kappa shape index (κ2) is 8.39. The number of likely N-dealkylation sites (N-methyl/N-ethyl adjacent to an activating group) is 1. The summed E-state index contributed by atoms with van der Waals surface area (Å²) in [6, 6.07) is 4.21. The van der Waals surface area contributed by atoms with Gasteiger partial charge in [0, 0.05) is 13.1 Å². The Morgan fingerprint density at radius 3 is 2.58 bits per heavy atom. The molecule has 0 aliphatic carbocycles. The van der Waals surface area contributed by atoms with E-state index in [1.54, 1.807) is 6.07 Å². The summed E-state index contributed by atoms with van der Waals surface area (Å²) in [4.78, 5) is 25.6. The van der Waals surface area contributed by atoms with Crippen LogP contribution in [0.3, 0.4) is 0 Å². The first-order valence-corrected chi connectivity index (χ1v) is 10.0. The van der Waals surface area contributed by atoms with E-state index in [4.69, 9.17) is 14.2 Å². The largest absolute Gasteiger partial charge is 0.493 e. The fourth-order valence-electron chi connectivity index (χ4n) is 2.67. The molecular formula is C17H23NO7S. The highest BCUT2D eigenvalue weighted by atomic mass is 32.2. The third-order valence-corrected chi connectivity index (χ3v) is 5.93. The van der Waals surface area contributed by atoms with Gasteiger partial charge in [-0.2, -0.15) is 0 Å². The number of methoxy groups -OCH3 is 1. The van der Waals surface area contributed by atoms with E-state index in [0.717, 1.165) is 0 Å². The number of carbonyl (C=O) groups excluding carboxylic acids is 2. The Hall–Kier alpha value is -2.29. The molecule has 1 aromatic carbocycles. The summed E-state index contributed by atoms with van der Waals surface area (Å²) in [6.07, 6.45) is 0.397. The molecule has 8 nitrogen and oxygen atoms in total. The van der Waals surface area contributed by atoms with Gasteiger partial charge in [0.1, 0.15) is 0 Å². The molecule has 1 saturated heterocycles. The lowest BCUT2D eigenvalue weighted by Gasteiger charge is -2.23. The van der Waals surface area contributed by atoms with Gasteiger partial charge in [0.05, 0.1) is 30.8 Å². The van der Waals surface area contributed by atoms with Crippen molar-refractivity contribution < 1.29 is 32.2 Å². The quantitative estimate of drug-likeness (QED) is 0.643. The van der Waals surface area contributed by atoms with E-state index in [1.807, 2.05) is 6.92 Å². The Balaban J connectivity index is 1.94. The van der Waals surface area contributed by atoms with Crippen LogP contribution < -0.4 is 9.47 Å². The summed E-state index contributed by atoms with van der Waals surface area (Å²) in [5.74, 6) is -0.212. The first kappa shape index (κ1) is 20.0. The van der Waals surface area contributed by atoms with Gasteiger partial charge in [0.15, 0.2) is 27.9 Å². The minimum absolute atomic E-state index is 0.0563. The molecule has 0 radical (unpaired) electrons. The Morgan fingerprint density at radius 1 is 1.27 bits per heavy atom. The summed E-state index contributed by atoms with van der Waals surface area (Å²) in [5.41, 5.74) is 0.226. The van der Waals surface area contributed by atoms with Crippen LogP contribution in [0.1, 0.15) is 23.7 Å². The predicted molar refractivity (Wildman–Crippen MR) is 94.3 cm³/mol. The van der Waals surface area contributed by atoms with Crippen molar-refractivity contribution >= 4 is 21.7 Å². The SMILES string of the molecule is CCOc1ccc(C(=O)OCC(=O)N(C)[C@H]2CCS(=O)(=O)C2)cc1OC. The van der Waals surface area contributed by atoms with Crippen molar-refractivity contribution in [3.05, 3.63) is 23.8 Å². The average Bonchev–Trinajstić information content (AvgIpc) is 2.99. The van der Waals surface area contributed by atoms with Crippen molar-refractivity contribution in [2.45, 2.75) is 19.4 Å². The number of hydrogen-bond donors (Lipinski definition) is 0. The van der Waals surface area contributed by atoms with Gasteiger partial charge in [-0.1, -0.05) is 0 Å². The molecule has 1 aliphatic heterocycles. The van der Waals surface area contributed by atoms with Crippen LogP contribution in [0.4, 0.5) is 0 Å². The van der Waals surface area contributed by atoms with Gasteiger partial charge >= 0.3 is 5.97 Å². The Labute approximate surface area is 152 Å². The molecule has 0 unspecified atom stereocenters. The van der Waals surface area contributed by atoms with Crippen LogP contribution in [0.25, 0.3) is 0 Å². The Morgan fingerprint density at radius 2 is 2.00 bits per heavy atom.